The molecule has 0 saturated heterocycles. The van der Waals surface area contributed by atoms with Crippen molar-refractivity contribution < 1.29 is 9.53 Å². The van der Waals surface area contributed by atoms with Crippen LogP contribution in [0.4, 0.5) is 5.82 Å². The Hall–Kier alpha value is -1.42. The van der Waals surface area contributed by atoms with Crippen molar-refractivity contribution in [3.8, 4) is 0 Å². The molecular formula is C13H20N2O2. The molecule has 1 aromatic rings. The molecule has 0 aliphatic rings. The van der Waals surface area contributed by atoms with Crippen molar-refractivity contribution in [2.45, 2.75) is 26.8 Å². The first-order valence-corrected chi connectivity index (χ1v) is 5.81. The molecule has 4 heteroatoms. The highest BCUT2D eigenvalue weighted by Crippen LogP contribution is 2.19. The van der Waals surface area contributed by atoms with Gasteiger partial charge in [-0.2, -0.15) is 0 Å². The van der Waals surface area contributed by atoms with E-state index in [4.69, 9.17) is 4.74 Å². The first-order valence-electron chi connectivity index (χ1n) is 5.81. The summed E-state index contributed by atoms with van der Waals surface area (Å²) in [6, 6.07) is 2.12. The number of aryl methyl sites for hydroxylation is 1. The van der Waals surface area contributed by atoms with Gasteiger partial charge in [0.25, 0.3) is 0 Å². The lowest BCUT2D eigenvalue weighted by atomic mass is 10.2. The second-order valence-corrected chi connectivity index (χ2v) is 4.12. The van der Waals surface area contributed by atoms with Gasteiger partial charge in [0, 0.05) is 25.4 Å². The van der Waals surface area contributed by atoms with E-state index in [1.807, 2.05) is 13.0 Å². The van der Waals surface area contributed by atoms with Crippen LogP contribution in [0.1, 0.15) is 29.8 Å². The second-order valence-electron chi connectivity index (χ2n) is 4.12. The average Bonchev–Trinajstić information content (AvgIpc) is 2.32. The summed E-state index contributed by atoms with van der Waals surface area (Å²) in [7, 11) is 1.69. The van der Waals surface area contributed by atoms with Gasteiger partial charge in [-0.25, -0.2) is 4.98 Å². The van der Waals surface area contributed by atoms with Gasteiger partial charge in [0.1, 0.15) is 5.82 Å². The smallest absolute Gasteiger partial charge is 0.151 e. The van der Waals surface area contributed by atoms with Gasteiger partial charge < -0.3 is 9.64 Å². The number of carbonyl (C=O) groups is 1. The van der Waals surface area contributed by atoms with Crippen molar-refractivity contribution in [2.75, 3.05) is 25.2 Å². The van der Waals surface area contributed by atoms with Crippen LogP contribution < -0.4 is 4.90 Å². The van der Waals surface area contributed by atoms with Gasteiger partial charge >= 0.3 is 0 Å². The topological polar surface area (TPSA) is 42.4 Å². The van der Waals surface area contributed by atoms with Gasteiger partial charge in [-0.3, -0.25) is 4.79 Å². The Kier molecular flexibility index (Phi) is 5.10. The summed E-state index contributed by atoms with van der Waals surface area (Å²) in [5.74, 6) is 0.919. The fourth-order valence-electron chi connectivity index (χ4n) is 1.96. The standard InChI is InChI=1S/C13H20N2O2/c1-5-15(11(3)9-17-4)13-10(2)6-12(8-16)7-14-13/h6-8,11H,5,9H2,1-4H3. The molecule has 1 unspecified atom stereocenters. The molecule has 0 bridgehead atoms. The van der Waals surface area contributed by atoms with Gasteiger partial charge in [0.15, 0.2) is 6.29 Å². The lowest BCUT2D eigenvalue weighted by molar-refractivity contribution is 0.112. The minimum atomic E-state index is 0.262. The highest BCUT2D eigenvalue weighted by atomic mass is 16.5. The molecule has 17 heavy (non-hydrogen) atoms. The maximum Gasteiger partial charge on any atom is 0.151 e. The number of carbonyl (C=O) groups excluding carboxylic acids is 1. The van der Waals surface area contributed by atoms with E-state index in [0.29, 0.717) is 12.2 Å². The minimum absolute atomic E-state index is 0.262. The molecule has 0 aliphatic carbocycles. The van der Waals surface area contributed by atoms with Crippen molar-refractivity contribution >= 4 is 12.1 Å². The summed E-state index contributed by atoms with van der Waals surface area (Å²) in [4.78, 5) is 17.2. The molecule has 0 radical (unpaired) electrons. The molecule has 4 nitrogen and oxygen atoms in total. The fraction of sp³-hybridized carbons (Fsp3) is 0.538. The predicted octanol–water partition coefficient (Wildman–Crippen LogP) is 2.06. The van der Waals surface area contributed by atoms with Crippen LogP contribution in [0.15, 0.2) is 12.3 Å². The second kappa shape index (κ2) is 6.35. The number of pyridine rings is 1. The Labute approximate surface area is 103 Å². The number of hydrogen-bond donors (Lipinski definition) is 0. The van der Waals surface area contributed by atoms with E-state index < -0.39 is 0 Å². The van der Waals surface area contributed by atoms with Crippen LogP contribution in [0, 0.1) is 6.92 Å². The number of aromatic nitrogens is 1. The lowest BCUT2D eigenvalue weighted by Crippen LogP contribution is -2.37. The Balaban J connectivity index is 2.99. The highest BCUT2D eigenvalue weighted by molar-refractivity contribution is 5.75. The molecular weight excluding hydrogens is 216 g/mol. The molecule has 0 saturated carbocycles. The van der Waals surface area contributed by atoms with Gasteiger partial charge in [-0.15, -0.1) is 0 Å². The fourth-order valence-corrected chi connectivity index (χ4v) is 1.96. The zero-order valence-corrected chi connectivity index (χ0v) is 10.9. The summed E-state index contributed by atoms with van der Waals surface area (Å²) in [5, 5.41) is 0. The molecule has 0 aliphatic heterocycles. The van der Waals surface area contributed by atoms with E-state index in [-0.39, 0.29) is 6.04 Å². The van der Waals surface area contributed by atoms with Crippen LogP contribution in [-0.2, 0) is 4.74 Å². The number of methoxy groups -OCH3 is 1. The number of hydrogen-bond acceptors (Lipinski definition) is 4. The first-order chi connectivity index (χ1) is 8.13. The monoisotopic (exact) mass is 236 g/mol. The third-order valence-electron chi connectivity index (χ3n) is 2.76. The summed E-state index contributed by atoms with van der Waals surface area (Å²) in [5.41, 5.74) is 1.63. The van der Waals surface area contributed by atoms with E-state index in [1.165, 1.54) is 0 Å². The maximum absolute atomic E-state index is 10.7. The molecule has 1 aromatic heterocycles. The molecule has 0 fully saturated rings. The third kappa shape index (κ3) is 3.27. The SMILES string of the molecule is CCN(c1ncc(C=O)cc1C)C(C)COC. The quantitative estimate of drug-likeness (QED) is 0.709. The Morgan fingerprint density at radius 1 is 1.59 bits per heavy atom. The lowest BCUT2D eigenvalue weighted by Gasteiger charge is -2.29. The van der Waals surface area contributed by atoms with Crippen molar-refractivity contribution in [3.05, 3.63) is 23.4 Å². The van der Waals surface area contributed by atoms with Crippen LogP contribution in [0.25, 0.3) is 0 Å². The van der Waals surface area contributed by atoms with Crippen LogP contribution in [0.5, 0.6) is 0 Å². The van der Waals surface area contributed by atoms with Gasteiger partial charge in [0.05, 0.1) is 12.6 Å². The summed E-state index contributed by atoms with van der Waals surface area (Å²) in [6.07, 6.45) is 2.43. The zero-order valence-electron chi connectivity index (χ0n) is 10.9. The summed E-state index contributed by atoms with van der Waals surface area (Å²) >= 11 is 0. The average molecular weight is 236 g/mol. The molecule has 94 valence electrons. The van der Waals surface area contributed by atoms with E-state index >= 15 is 0 Å². The highest BCUT2D eigenvalue weighted by Gasteiger charge is 2.15. The Morgan fingerprint density at radius 3 is 2.76 bits per heavy atom. The van der Waals surface area contributed by atoms with Crippen LogP contribution in [0.3, 0.4) is 0 Å². The minimum Gasteiger partial charge on any atom is -0.383 e. The molecule has 1 heterocycles. The summed E-state index contributed by atoms with van der Waals surface area (Å²) in [6.45, 7) is 7.67. The normalized spacial score (nSPS) is 12.2. The van der Waals surface area contributed by atoms with E-state index in [0.717, 1.165) is 24.2 Å². The Bertz CT molecular complexity index is 380. The van der Waals surface area contributed by atoms with E-state index in [1.54, 1.807) is 13.3 Å². The zero-order chi connectivity index (χ0) is 12.8. The molecule has 0 spiro atoms. The van der Waals surface area contributed by atoms with Gasteiger partial charge in [-0.1, -0.05) is 0 Å². The van der Waals surface area contributed by atoms with Crippen molar-refractivity contribution in [1.29, 1.82) is 0 Å². The van der Waals surface area contributed by atoms with E-state index in [2.05, 4.69) is 23.7 Å². The van der Waals surface area contributed by atoms with Gasteiger partial charge in [-0.05, 0) is 32.4 Å². The van der Waals surface area contributed by atoms with Crippen molar-refractivity contribution in [1.82, 2.24) is 4.98 Å². The van der Waals surface area contributed by atoms with Crippen LogP contribution in [0.2, 0.25) is 0 Å². The predicted molar refractivity (Wildman–Crippen MR) is 68.7 cm³/mol. The number of ether oxygens (including phenoxy) is 1. The van der Waals surface area contributed by atoms with Crippen LogP contribution >= 0.6 is 0 Å². The number of aldehydes is 1. The van der Waals surface area contributed by atoms with E-state index in [9.17, 15) is 4.79 Å². The molecule has 0 aromatic carbocycles. The first kappa shape index (κ1) is 13.6. The van der Waals surface area contributed by atoms with Crippen molar-refractivity contribution in [2.24, 2.45) is 0 Å². The van der Waals surface area contributed by atoms with Gasteiger partial charge in [0.2, 0.25) is 0 Å². The van der Waals surface area contributed by atoms with Crippen LogP contribution in [-0.4, -0.2) is 37.6 Å². The Morgan fingerprint density at radius 2 is 2.29 bits per heavy atom. The number of anilines is 1. The molecule has 1 atom stereocenters. The third-order valence-corrected chi connectivity index (χ3v) is 2.76. The largest absolute Gasteiger partial charge is 0.383 e. The van der Waals surface area contributed by atoms with Crippen molar-refractivity contribution in [3.63, 3.8) is 0 Å². The summed E-state index contributed by atoms with van der Waals surface area (Å²) < 4.78 is 5.17. The molecule has 0 amide bonds. The number of rotatable bonds is 6. The number of likely N-dealkylation sites (N-methyl/N-ethyl adjacent to an activating group) is 1. The molecule has 0 N–H and O–H groups in total. The maximum atomic E-state index is 10.7. The number of nitrogens with zero attached hydrogens (tertiary/aromatic N) is 2. The molecule has 1 rings (SSSR count).